The van der Waals surface area contributed by atoms with Gasteiger partial charge in [-0.05, 0) is 47.5 Å². The summed E-state index contributed by atoms with van der Waals surface area (Å²) in [5.41, 5.74) is 3.78. The Hall–Kier alpha value is -2.15. The topological polar surface area (TPSA) is 40.5 Å². The molecular formula is C21H21O2P. The van der Waals surface area contributed by atoms with Gasteiger partial charge in [0.1, 0.15) is 11.9 Å². The average molecular weight is 336 g/mol. The summed E-state index contributed by atoms with van der Waals surface area (Å²) in [6, 6.07) is 21.6. The molecule has 0 spiro atoms. The highest BCUT2D eigenvalue weighted by Gasteiger charge is 2.16. The largest absolute Gasteiger partial charge is 0.507 e. The van der Waals surface area contributed by atoms with E-state index < -0.39 is 6.10 Å². The zero-order valence-corrected chi connectivity index (χ0v) is 14.8. The second kappa shape index (κ2) is 7.17. The summed E-state index contributed by atoms with van der Waals surface area (Å²) in [6.07, 6.45) is -0.664. The van der Waals surface area contributed by atoms with Crippen molar-refractivity contribution in [3.05, 3.63) is 89.0 Å². The molecule has 0 bridgehead atoms. The molecular weight excluding hydrogens is 315 g/mol. The van der Waals surface area contributed by atoms with Crippen LogP contribution in [0.3, 0.4) is 0 Å². The van der Waals surface area contributed by atoms with Crippen LogP contribution in [0.1, 0.15) is 28.4 Å². The lowest BCUT2D eigenvalue weighted by atomic mass is 10.0. The number of phenols is 1. The van der Waals surface area contributed by atoms with Gasteiger partial charge in [-0.2, -0.15) is 0 Å². The zero-order chi connectivity index (χ0) is 17.1. The quantitative estimate of drug-likeness (QED) is 0.713. The maximum atomic E-state index is 10.8. The molecule has 0 aromatic heterocycles. The highest BCUT2D eigenvalue weighted by molar-refractivity contribution is 7.55. The second-order valence-corrected chi connectivity index (χ2v) is 7.33. The van der Waals surface area contributed by atoms with Crippen LogP contribution in [0, 0.1) is 13.8 Å². The Bertz CT molecular complexity index is 844. The van der Waals surface area contributed by atoms with Crippen molar-refractivity contribution in [2.45, 2.75) is 20.0 Å². The lowest BCUT2D eigenvalue weighted by molar-refractivity contribution is 0.221. The normalized spacial score (nSPS) is 12.6. The molecule has 122 valence electrons. The van der Waals surface area contributed by atoms with E-state index in [1.54, 1.807) is 0 Å². The highest BCUT2D eigenvalue weighted by Crippen LogP contribution is 2.28. The predicted octanol–water partition coefficient (Wildman–Crippen LogP) is 3.72. The van der Waals surface area contributed by atoms with Gasteiger partial charge >= 0.3 is 0 Å². The molecule has 0 fully saturated rings. The number of aryl methyl sites for hydroxylation is 2. The fourth-order valence-electron chi connectivity index (χ4n) is 2.86. The van der Waals surface area contributed by atoms with Gasteiger partial charge < -0.3 is 10.2 Å². The Kier molecular flexibility index (Phi) is 4.99. The number of aliphatic hydroxyl groups excluding tert-OH is 1. The van der Waals surface area contributed by atoms with Crippen LogP contribution in [-0.4, -0.2) is 10.2 Å². The summed E-state index contributed by atoms with van der Waals surface area (Å²) in [5.74, 6) is 0.350. The second-order valence-electron chi connectivity index (χ2n) is 6.00. The van der Waals surface area contributed by atoms with Crippen molar-refractivity contribution < 1.29 is 10.2 Å². The molecule has 3 aromatic rings. The first-order chi connectivity index (χ1) is 11.6. The van der Waals surface area contributed by atoms with Crippen molar-refractivity contribution in [3.8, 4) is 5.75 Å². The molecule has 0 aliphatic rings. The molecule has 2 N–H and O–H groups in total. The third-order valence-corrected chi connectivity index (χ3v) is 5.46. The van der Waals surface area contributed by atoms with E-state index in [4.69, 9.17) is 0 Å². The number of hydrogen-bond donors (Lipinski definition) is 2. The summed E-state index contributed by atoms with van der Waals surface area (Å²) < 4.78 is 0. The fourth-order valence-corrected chi connectivity index (χ4v) is 4.31. The van der Waals surface area contributed by atoms with Gasteiger partial charge in [0.15, 0.2) is 0 Å². The Labute approximate surface area is 144 Å². The first-order valence-corrected chi connectivity index (χ1v) is 8.95. The predicted molar refractivity (Wildman–Crippen MR) is 102 cm³/mol. The van der Waals surface area contributed by atoms with E-state index in [-0.39, 0.29) is 0 Å². The molecule has 2 unspecified atom stereocenters. The van der Waals surface area contributed by atoms with Crippen LogP contribution >= 0.6 is 8.58 Å². The lowest BCUT2D eigenvalue weighted by Crippen LogP contribution is -2.14. The molecule has 0 amide bonds. The first kappa shape index (κ1) is 16.7. The van der Waals surface area contributed by atoms with Crippen LogP contribution in [0.15, 0.2) is 66.7 Å². The SMILES string of the molecule is Cc1cc(C)c(O)c(Pc2ccccc2C(O)c2ccccc2)c1. The number of hydrogen-bond acceptors (Lipinski definition) is 2. The number of aromatic hydroxyl groups is 1. The summed E-state index contributed by atoms with van der Waals surface area (Å²) >= 11 is 0. The van der Waals surface area contributed by atoms with Crippen molar-refractivity contribution in [1.29, 1.82) is 0 Å². The minimum absolute atomic E-state index is 0.295. The van der Waals surface area contributed by atoms with Crippen LogP contribution < -0.4 is 10.6 Å². The van der Waals surface area contributed by atoms with Crippen molar-refractivity contribution in [2.24, 2.45) is 0 Å². The molecule has 24 heavy (non-hydrogen) atoms. The van der Waals surface area contributed by atoms with Gasteiger partial charge in [0.2, 0.25) is 0 Å². The van der Waals surface area contributed by atoms with Crippen LogP contribution in [0.4, 0.5) is 0 Å². The average Bonchev–Trinajstić information content (AvgIpc) is 2.60. The van der Waals surface area contributed by atoms with E-state index in [1.807, 2.05) is 80.6 Å². The lowest BCUT2D eigenvalue weighted by Gasteiger charge is -2.17. The maximum absolute atomic E-state index is 10.8. The Morgan fingerprint density at radius 3 is 2.25 bits per heavy atom. The third-order valence-electron chi connectivity index (χ3n) is 4.08. The van der Waals surface area contributed by atoms with Gasteiger partial charge in [0.05, 0.1) is 0 Å². The van der Waals surface area contributed by atoms with Crippen LogP contribution in [-0.2, 0) is 0 Å². The standard InChI is InChI=1S/C21H21O2P/c1-14-12-15(2)20(22)19(13-14)24-18-11-7-6-10-17(18)21(23)16-8-4-3-5-9-16/h3-13,21-24H,1-2H3. The van der Waals surface area contributed by atoms with E-state index in [0.29, 0.717) is 14.3 Å². The maximum Gasteiger partial charge on any atom is 0.126 e. The highest BCUT2D eigenvalue weighted by atomic mass is 31.1. The Morgan fingerprint density at radius 1 is 0.833 bits per heavy atom. The Balaban J connectivity index is 1.99. The third kappa shape index (κ3) is 3.51. The number of rotatable bonds is 4. The van der Waals surface area contributed by atoms with Gasteiger partial charge in [-0.15, -0.1) is 0 Å². The monoisotopic (exact) mass is 336 g/mol. The molecule has 3 rings (SSSR count). The molecule has 0 heterocycles. The molecule has 0 radical (unpaired) electrons. The first-order valence-electron chi connectivity index (χ1n) is 7.95. The van der Waals surface area contributed by atoms with Gasteiger partial charge in [0.25, 0.3) is 0 Å². The molecule has 3 heteroatoms. The van der Waals surface area contributed by atoms with Crippen LogP contribution in [0.25, 0.3) is 0 Å². The van der Waals surface area contributed by atoms with Crippen molar-refractivity contribution >= 4 is 19.2 Å². The number of aliphatic hydroxyl groups is 1. The van der Waals surface area contributed by atoms with E-state index >= 15 is 0 Å². The van der Waals surface area contributed by atoms with Gasteiger partial charge in [0, 0.05) is 5.30 Å². The van der Waals surface area contributed by atoms with Crippen molar-refractivity contribution in [1.82, 2.24) is 0 Å². The summed E-state index contributed by atoms with van der Waals surface area (Å²) in [7, 11) is 0.295. The molecule has 0 aliphatic heterocycles. The van der Waals surface area contributed by atoms with E-state index in [1.165, 1.54) is 0 Å². The minimum atomic E-state index is -0.664. The molecule has 0 aliphatic carbocycles. The summed E-state index contributed by atoms with van der Waals surface area (Å²) in [4.78, 5) is 0. The van der Waals surface area contributed by atoms with Crippen molar-refractivity contribution in [3.63, 3.8) is 0 Å². The fraction of sp³-hybridized carbons (Fsp3) is 0.143. The minimum Gasteiger partial charge on any atom is -0.507 e. The molecule has 3 aromatic carbocycles. The Morgan fingerprint density at radius 2 is 1.50 bits per heavy atom. The van der Waals surface area contributed by atoms with E-state index in [2.05, 4.69) is 0 Å². The number of phenolic OH excluding ortho intramolecular Hbond substituents is 1. The summed E-state index contributed by atoms with van der Waals surface area (Å²) in [5, 5.41) is 23.1. The van der Waals surface area contributed by atoms with E-state index in [9.17, 15) is 10.2 Å². The van der Waals surface area contributed by atoms with Gasteiger partial charge in [-0.25, -0.2) is 0 Å². The van der Waals surface area contributed by atoms with E-state index in [0.717, 1.165) is 32.9 Å². The molecule has 0 saturated heterocycles. The van der Waals surface area contributed by atoms with Crippen LogP contribution in [0.5, 0.6) is 5.75 Å². The van der Waals surface area contributed by atoms with Gasteiger partial charge in [-0.1, -0.05) is 69.2 Å². The zero-order valence-electron chi connectivity index (χ0n) is 13.8. The van der Waals surface area contributed by atoms with Gasteiger partial charge in [-0.3, -0.25) is 0 Å². The van der Waals surface area contributed by atoms with Crippen molar-refractivity contribution in [2.75, 3.05) is 0 Å². The van der Waals surface area contributed by atoms with Crippen LogP contribution in [0.2, 0.25) is 0 Å². The molecule has 2 atom stereocenters. The number of benzene rings is 3. The molecule has 0 saturated carbocycles. The smallest absolute Gasteiger partial charge is 0.126 e. The molecule has 2 nitrogen and oxygen atoms in total. The summed E-state index contributed by atoms with van der Waals surface area (Å²) in [6.45, 7) is 3.95.